The molecule has 3 rings (SSSR count). The second kappa shape index (κ2) is 10.0. The van der Waals surface area contributed by atoms with Crippen molar-refractivity contribution in [2.75, 3.05) is 11.9 Å². The molecule has 3 N–H and O–H groups in total. The van der Waals surface area contributed by atoms with E-state index in [9.17, 15) is 24.0 Å². The van der Waals surface area contributed by atoms with Crippen LogP contribution in [0.4, 0.5) is 5.82 Å². The van der Waals surface area contributed by atoms with Gasteiger partial charge in [-0.1, -0.05) is 0 Å². The van der Waals surface area contributed by atoms with Crippen molar-refractivity contribution in [1.29, 1.82) is 0 Å². The van der Waals surface area contributed by atoms with E-state index in [1.165, 1.54) is 24.6 Å². The molecule has 0 aromatic carbocycles. The number of carbonyl (C=O) groups is 5. The van der Waals surface area contributed by atoms with Gasteiger partial charge in [-0.2, -0.15) is 0 Å². The van der Waals surface area contributed by atoms with Gasteiger partial charge < -0.3 is 34.6 Å². The standard InChI is InChI=1S/C21H25N5O9/c1-8-23-19(25-9(2)27)15-13(18(22)31)6-26(20(15)24-8)21-17(34-12(5)30)16(33-11(4)29)14(35-21)7-32-10(3)28/h6,14,16-17,21H,7H2,1-5H3,(H2,22,31)(H,23,24,25,27)/t14-,16-,17-,21-/m1/s1. The van der Waals surface area contributed by atoms with Crippen molar-refractivity contribution in [2.45, 2.75) is 59.2 Å². The Bertz CT molecular complexity index is 1210. The van der Waals surface area contributed by atoms with Gasteiger partial charge in [0.25, 0.3) is 5.91 Å². The summed E-state index contributed by atoms with van der Waals surface area (Å²) in [5.74, 6) is -3.00. The molecule has 1 fully saturated rings. The summed E-state index contributed by atoms with van der Waals surface area (Å²) in [6.07, 6.45) is -3.27. The first-order chi connectivity index (χ1) is 16.4. The molecule has 0 saturated carbocycles. The zero-order valence-electron chi connectivity index (χ0n) is 19.7. The SMILES string of the molecule is CC(=O)Nc1nc(C)nc2c1c(C(N)=O)cn2[C@@H]1O[C@H](COC(C)=O)[C@@H](OC(C)=O)[C@H]1OC(C)=O. The summed E-state index contributed by atoms with van der Waals surface area (Å²) in [7, 11) is 0. The lowest BCUT2D eigenvalue weighted by atomic mass is 10.1. The molecule has 14 heteroatoms. The Labute approximate surface area is 199 Å². The van der Waals surface area contributed by atoms with Crippen LogP contribution in [0.5, 0.6) is 0 Å². The first-order valence-electron chi connectivity index (χ1n) is 10.5. The summed E-state index contributed by atoms with van der Waals surface area (Å²) >= 11 is 0. The van der Waals surface area contributed by atoms with Gasteiger partial charge in [-0.05, 0) is 6.92 Å². The molecule has 4 atom stereocenters. The van der Waals surface area contributed by atoms with Gasteiger partial charge in [0.1, 0.15) is 30.0 Å². The van der Waals surface area contributed by atoms with Gasteiger partial charge in [-0.15, -0.1) is 0 Å². The third kappa shape index (κ3) is 5.54. The zero-order chi connectivity index (χ0) is 26.0. The van der Waals surface area contributed by atoms with Crippen molar-refractivity contribution in [1.82, 2.24) is 14.5 Å². The van der Waals surface area contributed by atoms with Crippen LogP contribution in [-0.2, 0) is 38.1 Å². The van der Waals surface area contributed by atoms with Gasteiger partial charge in [-0.3, -0.25) is 24.0 Å². The van der Waals surface area contributed by atoms with Crippen LogP contribution in [0.1, 0.15) is 50.1 Å². The number of ether oxygens (including phenoxy) is 4. The number of hydrogen-bond donors (Lipinski definition) is 2. The molecule has 2 aromatic rings. The quantitative estimate of drug-likeness (QED) is 0.395. The van der Waals surface area contributed by atoms with E-state index in [0.717, 1.165) is 13.8 Å². The molecule has 0 radical (unpaired) electrons. The fourth-order valence-electron chi connectivity index (χ4n) is 3.81. The molecule has 35 heavy (non-hydrogen) atoms. The third-order valence-corrected chi connectivity index (χ3v) is 4.96. The molecule has 0 bridgehead atoms. The first kappa shape index (κ1) is 25.6. The Hall–Kier alpha value is -4.07. The highest BCUT2D eigenvalue weighted by molar-refractivity contribution is 6.11. The van der Waals surface area contributed by atoms with Crippen LogP contribution in [0.15, 0.2) is 6.20 Å². The molecule has 1 aliphatic heterocycles. The molecule has 2 amide bonds. The Balaban J connectivity index is 2.21. The van der Waals surface area contributed by atoms with E-state index in [1.807, 2.05) is 0 Å². The van der Waals surface area contributed by atoms with E-state index >= 15 is 0 Å². The third-order valence-electron chi connectivity index (χ3n) is 4.96. The number of fused-ring (bicyclic) bond motifs is 1. The summed E-state index contributed by atoms with van der Waals surface area (Å²) in [6, 6.07) is 0. The van der Waals surface area contributed by atoms with Crippen LogP contribution in [0, 0.1) is 6.92 Å². The second-order valence-electron chi connectivity index (χ2n) is 7.83. The summed E-state index contributed by atoms with van der Waals surface area (Å²) in [5, 5.41) is 2.68. The number of amides is 2. The highest BCUT2D eigenvalue weighted by Crippen LogP contribution is 2.38. The maximum Gasteiger partial charge on any atom is 0.303 e. The van der Waals surface area contributed by atoms with Gasteiger partial charge in [0.15, 0.2) is 18.4 Å². The minimum Gasteiger partial charge on any atom is -0.463 e. The van der Waals surface area contributed by atoms with Crippen LogP contribution >= 0.6 is 0 Å². The molecule has 2 aromatic heterocycles. The minimum absolute atomic E-state index is 0.0404. The van der Waals surface area contributed by atoms with Crippen molar-refractivity contribution in [3.05, 3.63) is 17.6 Å². The average molecular weight is 491 g/mol. The van der Waals surface area contributed by atoms with Crippen molar-refractivity contribution in [3.8, 4) is 0 Å². The first-order valence-corrected chi connectivity index (χ1v) is 10.5. The molecule has 3 heterocycles. The lowest BCUT2D eigenvalue weighted by molar-refractivity contribution is -0.166. The Morgan fingerprint density at radius 2 is 1.66 bits per heavy atom. The summed E-state index contributed by atoms with van der Waals surface area (Å²) in [6.45, 7) is 6.03. The highest BCUT2D eigenvalue weighted by Gasteiger charge is 2.51. The Kier molecular flexibility index (Phi) is 7.34. The molecule has 1 aliphatic rings. The van der Waals surface area contributed by atoms with Crippen LogP contribution < -0.4 is 11.1 Å². The van der Waals surface area contributed by atoms with Crippen molar-refractivity contribution in [3.63, 3.8) is 0 Å². The second-order valence-corrected chi connectivity index (χ2v) is 7.83. The number of aryl methyl sites for hydroxylation is 1. The van der Waals surface area contributed by atoms with Gasteiger partial charge >= 0.3 is 17.9 Å². The molecular weight excluding hydrogens is 466 g/mol. The monoisotopic (exact) mass is 491 g/mol. The number of aromatic nitrogens is 3. The summed E-state index contributed by atoms with van der Waals surface area (Å²) in [5.41, 5.74) is 5.66. The van der Waals surface area contributed by atoms with E-state index in [1.54, 1.807) is 6.92 Å². The van der Waals surface area contributed by atoms with Gasteiger partial charge in [0.05, 0.1) is 10.9 Å². The Morgan fingerprint density at radius 1 is 1.03 bits per heavy atom. The normalized spacial score (nSPS) is 21.4. The number of nitrogens with zero attached hydrogens (tertiary/aromatic N) is 3. The predicted octanol–water partition coefficient (Wildman–Crippen LogP) is 0.121. The van der Waals surface area contributed by atoms with Crippen LogP contribution in [-0.4, -0.2) is 69.2 Å². The number of nitrogens with two attached hydrogens (primary N) is 1. The summed E-state index contributed by atoms with van der Waals surface area (Å²) < 4.78 is 23.2. The van der Waals surface area contributed by atoms with Crippen LogP contribution in [0.2, 0.25) is 0 Å². The fourth-order valence-corrected chi connectivity index (χ4v) is 3.81. The largest absolute Gasteiger partial charge is 0.463 e. The van der Waals surface area contributed by atoms with Crippen molar-refractivity contribution in [2.24, 2.45) is 5.73 Å². The number of hydrogen-bond acceptors (Lipinski definition) is 11. The minimum atomic E-state index is -1.22. The fraction of sp³-hybridized carbons (Fsp3) is 0.476. The van der Waals surface area contributed by atoms with E-state index in [4.69, 9.17) is 24.7 Å². The number of nitrogens with one attached hydrogen (secondary N) is 1. The number of carbonyl (C=O) groups excluding carboxylic acids is 5. The lowest BCUT2D eigenvalue weighted by Crippen LogP contribution is -2.40. The zero-order valence-corrected chi connectivity index (χ0v) is 19.7. The highest BCUT2D eigenvalue weighted by atomic mass is 16.7. The lowest BCUT2D eigenvalue weighted by Gasteiger charge is -2.24. The van der Waals surface area contributed by atoms with E-state index in [2.05, 4.69) is 15.3 Å². The molecule has 188 valence electrons. The topological polar surface area (TPSA) is 191 Å². The van der Waals surface area contributed by atoms with Crippen LogP contribution in [0.3, 0.4) is 0 Å². The average Bonchev–Trinajstić information content (AvgIpc) is 3.24. The van der Waals surface area contributed by atoms with Crippen LogP contribution in [0.25, 0.3) is 11.0 Å². The van der Waals surface area contributed by atoms with E-state index in [0.29, 0.717) is 0 Å². The number of anilines is 1. The maximum atomic E-state index is 12.3. The molecule has 0 spiro atoms. The molecule has 1 saturated heterocycles. The summed E-state index contributed by atoms with van der Waals surface area (Å²) in [4.78, 5) is 67.7. The van der Waals surface area contributed by atoms with E-state index < -0.39 is 54.3 Å². The van der Waals surface area contributed by atoms with Gasteiger partial charge in [-0.25, -0.2) is 9.97 Å². The maximum absolute atomic E-state index is 12.3. The van der Waals surface area contributed by atoms with Crippen molar-refractivity contribution < 1.29 is 42.9 Å². The van der Waals surface area contributed by atoms with Gasteiger partial charge in [0.2, 0.25) is 5.91 Å². The number of rotatable bonds is 7. The molecule has 0 aliphatic carbocycles. The number of primary amides is 1. The van der Waals surface area contributed by atoms with Gasteiger partial charge in [0, 0.05) is 33.9 Å². The molecular formula is C21H25N5O9. The van der Waals surface area contributed by atoms with E-state index in [-0.39, 0.29) is 34.8 Å². The molecule has 14 nitrogen and oxygen atoms in total. The Morgan fingerprint density at radius 3 is 2.20 bits per heavy atom. The van der Waals surface area contributed by atoms with Crippen molar-refractivity contribution >= 4 is 46.6 Å². The number of esters is 3. The predicted molar refractivity (Wildman–Crippen MR) is 117 cm³/mol. The molecule has 0 unspecified atom stereocenters. The smallest absolute Gasteiger partial charge is 0.303 e.